The monoisotopic (exact) mass is 365 g/mol. The molecule has 0 fully saturated rings. The largest absolute Gasteiger partial charge is 0.452 e. The van der Waals surface area contributed by atoms with Crippen LogP contribution < -0.4 is 5.32 Å². The summed E-state index contributed by atoms with van der Waals surface area (Å²) in [6.45, 7) is 1.36. The average molecular weight is 366 g/mol. The van der Waals surface area contributed by atoms with E-state index in [9.17, 15) is 14.0 Å². The Kier molecular flexibility index (Phi) is 5.27. The molecule has 0 aliphatic carbocycles. The Labute approximate surface area is 135 Å². The Hall–Kier alpha value is -2.21. The summed E-state index contributed by atoms with van der Waals surface area (Å²) in [5.41, 5.74) is 1.31. The number of nitrogens with one attached hydrogen (secondary N) is 1. The number of rotatable bonds is 4. The van der Waals surface area contributed by atoms with E-state index in [2.05, 4.69) is 21.2 Å². The lowest BCUT2D eigenvalue weighted by molar-refractivity contribution is -0.119. The van der Waals surface area contributed by atoms with Gasteiger partial charge in [0, 0.05) is 10.2 Å². The fourth-order valence-electron chi connectivity index (χ4n) is 1.76. The number of para-hydroxylation sites is 1. The molecular weight excluding hydrogens is 353 g/mol. The van der Waals surface area contributed by atoms with Gasteiger partial charge in [-0.3, -0.25) is 4.79 Å². The van der Waals surface area contributed by atoms with Crippen molar-refractivity contribution >= 4 is 33.5 Å². The highest BCUT2D eigenvalue weighted by Gasteiger charge is 2.15. The summed E-state index contributed by atoms with van der Waals surface area (Å²) in [5.74, 6) is -2.08. The Morgan fingerprint density at radius 1 is 1.23 bits per heavy atom. The molecule has 2 rings (SSSR count). The second-order valence-corrected chi connectivity index (χ2v) is 5.48. The molecule has 4 nitrogen and oxygen atoms in total. The van der Waals surface area contributed by atoms with Gasteiger partial charge in [0.15, 0.2) is 6.61 Å². The van der Waals surface area contributed by atoms with Crippen LogP contribution >= 0.6 is 15.9 Å². The van der Waals surface area contributed by atoms with Crippen molar-refractivity contribution in [2.24, 2.45) is 0 Å². The molecular formula is C16H13BrFNO3. The van der Waals surface area contributed by atoms with Gasteiger partial charge in [-0.15, -0.1) is 0 Å². The summed E-state index contributed by atoms with van der Waals surface area (Å²) >= 11 is 3.10. The average Bonchev–Trinajstić information content (AvgIpc) is 2.47. The van der Waals surface area contributed by atoms with Gasteiger partial charge in [-0.05, 0) is 36.8 Å². The summed E-state index contributed by atoms with van der Waals surface area (Å²) in [4.78, 5) is 23.5. The van der Waals surface area contributed by atoms with Crippen LogP contribution in [0.1, 0.15) is 15.9 Å². The molecule has 0 atom stereocenters. The quantitative estimate of drug-likeness (QED) is 0.840. The van der Waals surface area contributed by atoms with Crippen molar-refractivity contribution in [1.29, 1.82) is 0 Å². The zero-order valence-corrected chi connectivity index (χ0v) is 13.3. The van der Waals surface area contributed by atoms with Crippen LogP contribution in [0.25, 0.3) is 0 Å². The molecule has 0 spiro atoms. The lowest BCUT2D eigenvalue weighted by Gasteiger charge is -2.09. The number of amides is 1. The fourth-order valence-corrected chi connectivity index (χ4v) is 2.10. The number of anilines is 1. The van der Waals surface area contributed by atoms with Crippen molar-refractivity contribution in [3.05, 3.63) is 63.9 Å². The summed E-state index contributed by atoms with van der Waals surface area (Å²) < 4.78 is 18.9. The fraction of sp³-hybridized carbons (Fsp3) is 0.125. The van der Waals surface area contributed by atoms with Gasteiger partial charge < -0.3 is 10.1 Å². The normalized spacial score (nSPS) is 10.1. The summed E-state index contributed by atoms with van der Waals surface area (Å²) in [5, 5.41) is 2.62. The highest BCUT2D eigenvalue weighted by atomic mass is 79.9. The molecule has 1 amide bonds. The number of esters is 1. The molecule has 0 bridgehead atoms. The van der Waals surface area contributed by atoms with Crippen LogP contribution in [0.3, 0.4) is 0 Å². The van der Waals surface area contributed by atoms with Gasteiger partial charge in [-0.2, -0.15) is 0 Å². The zero-order chi connectivity index (χ0) is 16.1. The number of ether oxygens (including phenoxy) is 1. The molecule has 0 saturated carbocycles. The van der Waals surface area contributed by atoms with Crippen LogP contribution in [-0.4, -0.2) is 18.5 Å². The molecule has 0 radical (unpaired) electrons. The Morgan fingerprint density at radius 3 is 2.64 bits per heavy atom. The molecule has 1 N–H and O–H groups in total. The molecule has 2 aromatic carbocycles. The zero-order valence-electron chi connectivity index (χ0n) is 11.7. The molecule has 0 heterocycles. The lowest BCUT2D eigenvalue weighted by Crippen LogP contribution is -2.21. The molecule has 0 aliphatic heterocycles. The van der Waals surface area contributed by atoms with E-state index >= 15 is 0 Å². The smallest absolute Gasteiger partial charge is 0.341 e. The van der Waals surface area contributed by atoms with Gasteiger partial charge in [0.2, 0.25) is 0 Å². The molecule has 0 aromatic heterocycles. The van der Waals surface area contributed by atoms with Gasteiger partial charge in [-0.25, -0.2) is 9.18 Å². The first-order valence-corrected chi connectivity index (χ1v) is 7.24. The maximum atomic E-state index is 13.6. The first-order chi connectivity index (χ1) is 10.5. The van der Waals surface area contributed by atoms with Crippen molar-refractivity contribution < 1.29 is 18.7 Å². The van der Waals surface area contributed by atoms with Crippen molar-refractivity contribution in [1.82, 2.24) is 0 Å². The first-order valence-electron chi connectivity index (χ1n) is 6.45. The summed E-state index contributed by atoms with van der Waals surface area (Å²) in [6.07, 6.45) is 0. The van der Waals surface area contributed by atoms with Crippen LogP contribution in [-0.2, 0) is 9.53 Å². The Bertz CT molecular complexity index is 718. The second kappa shape index (κ2) is 7.17. The van der Waals surface area contributed by atoms with E-state index < -0.39 is 24.3 Å². The minimum absolute atomic E-state index is 0.216. The number of benzene rings is 2. The molecule has 6 heteroatoms. The van der Waals surface area contributed by atoms with Crippen LogP contribution in [0.4, 0.5) is 10.1 Å². The van der Waals surface area contributed by atoms with Crippen LogP contribution in [0.15, 0.2) is 46.9 Å². The molecule has 0 aliphatic rings. The third-order valence-electron chi connectivity index (χ3n) is 2.90. The van der Waals surface area contributed by atoms with Crippen molar-refractivity contribution in [3.8, 4) is 0 Å². The van der Waals surface area contributed by atoms with Crippen LogP contribution in [0, 0.1) is 12.7 Å². The molecule has 2 aromatic rings. The maximum Gasteiger partial charge on any atom is 0.341 e. The van der Waals surface area contributed by atoms with E-state index in [1.807, 2.05) is 19.1 Å². The third-order valence-corrected chi connectivity index (χ3v) is 3.40. The predicted molar refractivity (Wildman–Crippen MR) is 84.2 cm³/mol. The highest BCUT2D eigenvalue weighted by molar-refractivity contribution is 9.10. The topological polar surface area (TPSA) is 55.4 Å². The minimum Gasteiger partial charge on any atom is -0.452 e. The Morgan fingerprint density at radius 2 is 1.95 bits per heavy atom. The SMILES string of the molecule is Cc1ccccc1NC(=O)COC(=O)c1ccc(Br)cc1F. The van der Waals surface area contributed by atoms with E-state index in [1.165, 1.54) is 12.1 Å². The van der Waals surface area contributed by atoms with E-state index in [0.717, 1.165) is 11.6 Å². The number of hydrogen-bond donors (Lipinski definition) is 1. The van der Waals surface area contributed by atoms with Crippen molar-refractivity contribution in [2.45, 2.75) is 6.92 Å². The summed E-state index contributed by atoms with van der Waals surface area (Å²) in [6, 6.07) is 11.2. The van der Waals surface area contributed by atoms with Gasteiger partial charge in [0.1, 0.15) is 5.82 Å². The second-order valence-electron chi connectivity index (χ2n) is 4.56. The number of aryl methyl sites for hydroxylation is 1. The molecule has 0 saturated heterocycles. The van der Waals surface area contributed by atoms with E-state index in [-0.39, 0.29) is 5.56 Å². The van der Waals surface area contributed by atoms with E-state index in [4.69, 9.17) is 4.74 Å². The number of halogens is 2. The van der Waals surface area contributed by atoms with Crippen LogP contribution in [0.2, 0.25) is 0 Å². The van der Waals surface area contributed by atoms with Gasteiger partial charge in [-0.1, -0.05) is 34.1 Å². The first kappa shape index (κ1) is 16.2. The third kappa shape index (κ3) is 4.14. The molecule has 22 heavy (non-hydrogen) atoms. The maximum absolute atomic E-state index is 13.6. The van der Waals surface area contributed by atoms with Crippen molar-refractivity contribution in [3.63, 3.8) is 0 Å². The van der Waals surface area contributed by atoms with Gasteiger partial charge >= 0.3 is 5.97 Å². The Balaban J connectivity index is 1.93. The van der Waals surface area contributed by atoms with E-state index in [0.29, 0.717) is 10.2 Å². The van der Waals surface area contributed by atoms with Crippen molar-refractivity contribution in [2.75, 3.05) is 11.9 Å². The standard InChI is InChI=1S/C16H13BrFNO3/c1-10-4-2-3-5-14(10)19-15(20)9-22-16(21)12-7-6-11(17)8-13(12)18/h2-8H,9H2,1H3,(H,19,20). The number of carbonyl (C=O) groups is 2. The number of carbonyl (C=O) groups excluding carboxylic acids is 2. The predicted octanol–water partition coefficient (Wildman–Crippen LogP) is 3.69. The molecule has 114 valence electrons. The number of hydrogen-bond acceptors (Lipinski definition) is 3. The van der Waals surface area contributed by atoms with Crippen LogP contribution in [0.5, 0.6) is 0 Å². The molecule has 0 unspecified atom stereocenters. The van der Waals surface area contributed by atoms with E-state index in [1.54, 1.807) is 12.1 Å². The van der Waals surface area contributed by atoms with Gasteiger partial charge in [0.05, 0.1) is 5.56 Å². The lowest BCUT2D eigenvalue weighted by atomic mass is 10.2. The summed E-state index contributed by atoms with van der Waals surface area (Å²) in [7, 11) is 0. The van der Waals surface area contributed by atoms with Gasteiger partial charge in [0.25, 0.3) is 5.91 Å². The minimum atomic E-state index is -0.884. The highest BCUT2D eigenvalue weighted by Crippen LogP contribution is 2.16.